The van der Waals surface area contributed by atoms with Gasteiger partial charge in [0, 0.05) is 18.2 Å². The number of amides is 1. The monoisotopic (exact) mass is 366 g/mol. The Kier molecular flexibility index (Phi) is 6.84. The Hall–Kier alpha value is -3.00. The lowest BCUT2D eigenvalue weighted by molar-refractivity contribution is -0.139. The Bertz CT molecular complexity index is 805. The van der Waals surface area contributed by atoms with Crippen molar-refractivity contribution in [2.45, 2.75) is 39.8 Å². The first-order chi connectivity index (χ1) is 12.8. The van der Waals surface area contributed by atoms with Crippen LogP contribution in [0.25, 0.3) is 0 Å². The van der Waals surface area contributed by atoms with Crippen LogP contribution in [-0.2, 0) is 11.3 Å². The molecule has 5 heteroatoms. The normalized spacial score (nSPS) is 10.8. The molecule has 0 radical (unpaired) electrons. The van der Waals surface area contributed by atoms with Crippen molar-refractivity contribution in [1.82, 2.24) is 4.90 Å². The highest BCUT2D eigenvalue weighted by Gasteiger charge is 2.27. The Morgan fingerprint density at radius 1 is 1.07 bits per heavy atom. The van der Waals surface area contributed by atoms with Gasteiger partial charge in [0.1, 0.15) is 0 Å². The molecular formula is C22H26N2O3. The van der Waals surface area contributed by atoms with Crippen LogP contribution in [0.1, 0.15) is 38.8 Å². The zero-order chi connectivity index (χ0) is 19.9. The maximum atomic E-state index is 12.9. The van der Waals surface area contributed by atoms with E-state index in [-0.39, 0.29) is 18.1 Å². The second kappa shape index (κ2) is 9.09. The third-order valence-corrected chi connectivity index (χ3v) is 4.02. The minimum atomic E-state index is -0.344. The second-order valence-corrected chi connectivity index (χ2v) is 7.13. The maximum Gasteiger partial charge on any atom is 0.261 e. The molecule has 0 aromatic heterocycles. The molecule has 0 saturated carbocycles. The molecule has 0 atom stereocenters. The van der Waals surface area contributed by atoms with Crippen LogP contribution < -0.4 is 9.47 Å². The lowest BCUT2D eigenvalue weighted by Crippen LogP contribution is -2.47. The largest absolute Gasteiger partial charge is 0.490 e. The first-order valence-corrected chi connectivity index (χ1v) is 8.99. The third kappa shape index (κ3) is 5.75. The molecule has 0 aliphatic rings. The van der Waals surface area contributed by atoms with Gasteiger partial charge in [0.2, 0.25) is 0 Å². The fourth-order valence-electron chi connectivity index (χ4n) is 2.65. The molecule has 27 heavy (non-hydrogen) atoms. The summed E-state index contributed by atoms with van der Waals surface area (Å²) in [5.41, 5.74) is 1.20. The van der Waals surface area contributed by atoms with Crippen molar-refractivity contribution >= 4 is 5.91 Å². The van der Waals surface area contributed by atoms with Gasteiger partial charge in [0.15, 0.2) is 18.1 Å². The number of benzene rings is 2. The topological polar surface area (TPSA) is 62.6 Å². The fraction of sp³-hybridized carbons (Fsp3) is 0.364. The summed E-state index contributed by atoms with van der Waals surface area (Å²) in [5, 5.41) is 9.03. The Morgan fingerprint density at radius 2 is 1.78 bits per heavy atom. The van der Waals surface area contributed by atoms with Gasteiger partial charge in [-0.2, -0.15) is 5.26 Å². The molecule has 0 aliphatic carbocycles. The predicted octanol–water partition coefficient (Wildman–Crippen LogP) is 4.16. The summed E-state index contributed by atoms with van der Waals surface area (Å²) in [5.74, 6) is 0.811. The summed E-state index contributed by atoms with van der Waals surface area (Å²) in [6.45, 7) is 8.72. The number of rotatable bonds is 7. The van der Waals surface area contributed by atoms with E-state index in [0.717, 1.165) is 5.56 Å². The van der Waals surface area contributed by atoms with Crippen LogP contribution in [0.3, 0.4) is 0 Å². The number of carbonyl (C=O) groups is 1. The van der Waals surface area contributed by atoms with Gasteiger partial charge in [0.05, 0.1) is 18.2 Å². The minimum absolute atomic E-state index is 0.101. The van der Waals surface area contributed by atoms with Crippen LogP contribution in [0.4, 0.5) is 0 Å². The van der Waals surface area contributed by atoms with Crippen LogP contribution in [-0.4, -0.2) is 29.6 Å². The van der Waals surface area contributed by atoms with Crippen molar-refractivity contribution < 1.29 is 14.3 Å². The van der Waals surface area contributed by atoms with E-state index in [4.69, 9.17) is 14.7 Å². The van der Waals surface area contributed by atoms with Gasteiger partial charge in [-0.05, 0) is 45.4 Å². The van der Waals surface area contributed by atoms with Crippen molar-refractivity contribution in [2.24, 2.45) is 0 Å². The molecule has 0 N–H and O–H groups in total. The summed E-state index contributed by atoms with van der Waals surface area (Å²) in [6.07, 6.45) is 0. The highest BCUT2D eigenvalue weighted by molar-refractivity contribution is 5.78. The van der Waals surface area contributed by atoms with Crippen LogP contribution >= 0.6 is 0 Å². The van der Waals surface area contributed by atoms with Crippen molar-refractivity contribution in [3.63, 3.8) is 0 Å². The molecule has 2 rings (SSSR count). The van der Waals surface area contributed by atoms with Gasteiger partial charge in [-0.15, -0.1) is 0 Å². The smallest absolute Gasteiger partial charge is 0.261 e. The quantitative estimate of drug-likeness (QED) is 0.738. The van der Waals surface area contributed by atoms with Crippen molar-refractivity contribution in [1.29, 1.82) is 5.26 Å². The van der Waals surface area contributed by atoms with E-state index in [0.29, 0.717) is 30.2 Å². The average Bonchev–Trinajstić information content (AvgIpc) is 2.65. The molecule has 0 saturated heterocycles. The van der Waals surface area contributed by atoms with Crippen molar-refractivity contribution in [2.75, 3.05) is 13.2 Å². The Labute approximate surface area is 161 Å². The number of nitriles is 1. The van der Waals surface area contributed by atoms with E-state index in [9.17, 15) is 4.79 Å². The first kappa shape index (κ1) is 20.3. The molecule has 0 bridgehead atoms. The van der Waals surface area contributed by atoms with Crippen LogP contribution in [0.5, 0.6) is 11.5 Å². The molecule has 0 heterocycles. The molecule has 0 spiro atoms. The highest BCUT2D eigenvalue weighted by atomic mass is 16.5. The molecule has 0 fully saturated rings. The molecule has 2 aromatic carbocycles. The van der Waals surface area contributed by atoms with Crippen molar-refractivity contribution in [3.8, 4) is 17.6 Å². The van der Waals surface area contributed by atoms with Gasteiger partial charge in [-0.1, -0.05) is 30.3 Å². The summed E-state index contributed by atoms with van der Waals surface area (Å²) in [7, 11) is 0. The number of carbonyl (C=O) groups excluding carboxylic acids is 1. The van der Waals surface area contributed by atoms with E-state index < -0.39 is 0 Å². The fourth-order valence-corrected chi connectivity index (χ4v) is 2.65. The molecular weight excluding hydrogens is 340 g/mol. The number of hydrogen-bond donors (Lipinski definition) is 0. The second-order valence-electron chi connectivity index (χ2n) is 7.13. The average molecular weight is 366 g/mol. The summed E-state index contributed by atoms with van der Waals surface area (Å²) in [4.78, 5) is 14.7. The SMILES string of the molecule is CCOc1cc(C#N)ccc1OCC(=O)N(Cc1ccccc1)C(C)(C)C. The van der Waals surface area contributed by atoms with E-state index in [2.05, 4.69) is 6.07 Å². The summed E-state index contributed by atoms with van der Waals surface area (Å²) >= 11 is 0. The molecule has 0 unspecified atom stereocenters. The first-order valence-electron chi connectivity index (χ1n) is 8.99. The number of ether oxygens (including phenoxy) is 2. The zero-order valence-corrected chi connectivity index (χ0v) is 16.4. The maximum absolute atomic E-state index is 12.9. The van der Waals surface area contributed by atoms with E-state index in [1.54, 1.807) is 23.1 Å². The predicted molar refractivity (Wildman–Crippen MR) is 105 cm³/mol. The lowest BCUT2D eigenvalue weighted by atomic mass is 10.0. The Morgan fingerprint density at radius 3 is 2.37 bits per heavy atom. The molecule has 1 amide bonds. The van der Waals surface area contributed by atoms with Gasteiger partial charge >= 0.3 is 0 Å². The van der Waals surface area contributed by atoms with Crippen LogP contribution in [0.2, 0.25) is 0 Å². The summed E-state index contributed by atoms with van der Waals surface area (Å²) in [6, 6.07) is 16.9. The lowest BCUT2D eigenvalue weighted by Gasteiger charge is -2.36. The van der Waals surface area contributed by atoms with E-state index in [1.807, 2.05) is 58.0 Å². The number of hydrogen-bond acceptors (Lipinski definition) is 4. The van der Waals surface area contributed by atoms with E-state index in [1.165, 1.54) is 0 Å². The highest BCUT2D eigenvalue weighted by Crippen LogP contribution is 2.28. The van der Waals surface area contributed by atoms with Gasteiger partial charge < -0.3 is 14.4 Å². The molecule has 2 aromatic rings. The molecule has 5 nitrogen and oxygen atoms in total. The minimum Gasteiger partial charge on any atom is -0.490 e. The zero-order valence-electron chi connectivity index (χ0n) is 16.4. The number of nitrogens with zero attached hydrogens (tertiary/aromatic N) is 2. The third-order valence-electron chi connectivity index (χ3n) is 4.02. The van der Waals surface area contributed by atoms with Crippen LogP contribution in [0, 0.1) is 11.3 Å². The van der Waals surface area contributed by atoms with Gasteiger partial charge in [0.25, 0.3) is 5.91 Å². The van der Waals surface area contributed by atoms with Gasteiger partial charge in [-0.3, -0.25) is 4.79 Å². The Balaban J connectivity index is 2.13. The summed E-state index contributed by atoms with van der Waals surface area (Å²) < 4.78 is 11.3. The van der Waals surface area contributed by atoms with Crippen molar-refractivity contribution in [3.05, 3.63) is 59.7 Å². The molecule has 142 valence electrons. The van der Waals surface area contributed by atoms with E-state index >= 15 is 0 Å². The van der Waals surface area contributed by atoms with Crippen LogP contribution in [0.15, 0.2) is 48.5 Å². The molecule has 0 aliphatic heterocycles. The standard InChI is InChI=1S/C22H26N2O3/c1-5-26-20-13-18(14-23)11-12-19(20)27-16-21(25)24(22(2,3)4)15-17-9-7-6-8-10-17/h6-13H,5,15-16H2,1-4H3. The van der Waals surface area contributed by atoms with Gasteiger partial charge in [-0.25, -0.2) is 0 Å².